The maximum atomic E-state index is 6.42. The van der Waals surface area contributed by atoms with Crippen molar-refractivity contribution in [2.24, 2.45) is 0 Å². The van der Waals surface area contributed by atoms with Gasteiger partial charge in [-0.3, -0.25) is 4.98 Å². The Labute approximate surface area is 192 Å². The largest absolute Gasteiger partial charge is 0.459 e. The van der Waals surface area contributed by atoms with Crippen molar-refractivity contribution in [2.75, 3.05) is 13.2 Å². The number of rotatable bonds is 5. The van der Waals surface area contributed by atoms with Crippen molar-refractivity contribution in [1.82, 2.24) is 15.2 Å². The average molecular weight is 454 g/mol. The normalized spacial score (nSPS) is 23.4. The zero-order chi connectivity index (χ0) is 21.4. The lowest BCUT2D eigenvalue weighted by molar-refractivity contribution is 0.0818. The first-order valence-corrected chi connectivity index (χ1v) is 11.4. The quantitative estimate of drug-likeness (QED) is 0.518. The lowest BCUT2D eigenvalue weighted by Crippen LogP contribution is -2.36. The number of pyridine rings is 1. The number of nitrogens with zero attached hydrogens (tertiary/aromatic N) is 2. The fourth-order valence-corrected chi connectivity index (χ4v) is 4.94. The van der Waals surface area contributed by atoms with Gasteiger partial charge in [0, 0.05) is 29.9 Å². The molecule has 2 fully saturated rings. The summed E-state index contributed by atoms with van der Waals surface area (Å²) in [5.74, 6) is 1.64. The Morgan fingerprint density at radius 3 is 2.87 bits per heavy atom. The molecule has 0 radical (unpaired) electrons. The molecule has 5 rings (SSSR count). The van der Waals surface area contributed by atoms with Crippen molar-refractivity contribution in [3.63, 3.8) is 0 Å². The molecule has 160 valence electrons. The molecular weight excluding hydrogens is 430 g/mol. The molecule has 2 saturated heterocycles. The van der Waals surface area contributed by atoms with Gasteiger partial charge in [-0.15, -0.1) is 0 Å². The van der Waals surface area contributed by atoms with Crippen LogP contribution in [0.2, 0.25) is 5.02 Å². The molecule has 31 heavy (non-hydrogen) atoms. The van der Waals surface area contributed by atoms with Gasteiger partial charge in [0.2, 0.25) is 0 Å². The molecule has 3 aromatic rings. The lowest BCUT2D eigenvalue weighted by atomic mass is 10.0. The van der Waals surface area contributed by atoms with Crippen LogP contribution >= 0.6 is 23.8 Å². The zero-order valence-electron chi connectivity index (χ0n) is 17.3. The van der Waals surface area contributed by atoms with Gasteiger partial charge < -0.3 is 19.4 Å². The highest BCUT2D eigenvalue weighted by Gasteiger charge is 2.42. The van der Waals surface area contributed by atoms with E-state index in [0.29, 0.717) is 5.11 Å². The molecule has 0 amide bonds. The average Bonchev–Trinajstić information content (AvgIpc) is 3.52. The van der Waals surface area contributed by atoms with E-state index in [-0.39, 0.29) is 18.2 Å². The summed E-state index contributed by atoms with van der Waals surface area (Å²) in [5.41, 5.74) is 2.93. The summed E-state index contributed by atoms with van der Waals surface area (Å²) in [5, 5.41) is 4.90. The Morgan fingerprint density at radius 1 is 1.19 bits per heavy atom. The van der Waals surface area contributed by atoms with E-state index in [1.165, 1.54) is 0 Å². The number of aromatic nitrogens is 1. The van der Waals surface area contributed by atoms with Gasteiger partial charge >= 0.3 is 0 Å². The Kier molecular flexibility index (Phi) is 5.69. The predicted molar refractivity (Wildman–Crippen MR) is 125 cm³/mol. The molecule has 0 aliphatic carbocycles. The molecule has 4 heterocycles. The molecule has 5 nitrogen and oxygen atoms in total. The fourth-order valence-electron chi connectivity index (χ4n) is 4.45. The highest BCUT2D eigenvalue weighted by molar-refractivity contribution is 7.80. The summed E-state index contributed by atoms with van der Waals surface area (Å²) >= 11 is 12.1. The number of hydrogen-bond donors (Lipinski definition) is 1. The van der Waals surface area contributed by atoms with Crippen LogP contribution in [-0.4, -0.2) is 34.3 Å². The topological polar surface area (TPSA) is 50.5 Å². The van der Waals surface area contributed by atoms with E-state index in [1.807, 2.05) is 61.7 Å². The molecular formula is C24H24ClN3O2S. The molecule has 1 aromatic carbocycles. The molecule has 0 saturated carbocycles. The standard InChI is InChI=1S/C24H24ClN3O2S/c1-15-17(7-4-8-18(15)25)20-10-11-21(30-20)23-22(19-9-2-3-12-26-19)27-24(31)28(23)14-16-6-5-13-29-16/h2-4,7-12,16,22-23H,5-6,13-14H2,1H3,(H,27,31)/t16-,22+,23-/m1/s1. The van der Waals surface area contributed by atoms with Crippen molar-refractivity contribution in [1.29, 1.82) is 0 Å². The van der Waals surface area contributed by atoms with E-state index in [4.69, 9.17) is 33.0 Å². The molecule has 2 aliphatic rings. The van der Waals surface area contributed by atoms with Gasteiger partial charge in [0.05, 0.1) is 17.8 Å². The molecule has 3 atom stereocenters. The maximum absolute atomic E-state index is 6.42. The maximum Gasteiger partial charge on any atom is 0.170 e. The zero-order valence-corrected chi connectivity index (χ0v) is 18.8. The third kappa shape index (κ3) is 3.95. The van der Waals surface area contributed by atoms with Crippen LogP contribution in [0.1, 0.15) is 41.9 Å². The van der Waals surface area contributed by atoms with Gasteiger partial charge in [-0.2, -0.15) is 0 Å². The van der Waals surface area contributed by atoms with E-state index in [1.54, 1.807) is 0 Å². The van der Waals surface area contributed by atoms with Crippen LogP contribution in [0.15, 0.2) is 59.1 Å². The Bertz CT molecular complexity index is 1080. The Hall–Kier alpha value is -2.41. The third-order valence-electron chi connectivity index (χ3n) is 6.07. The second-order valence-corrected chi connectivity index (χ2v) is 8.82. The van der Waals surface area contributed by atoms with Crippen molar-refractivity contribution in [2.45, 2.75) is 38.0 Å². The summed E-state index contributed by atoms with van der Waals surface area (Å²) in [6.45, 7) is 3.55. The van der Waals surface area contributed by atoms with Crippen molar-refractivity contribution in [3.8, 4) is 11.3 Å². The van der Waals surface area contributed by atoms with E-state index >= 15 is 0 Å². The number of hydrogen-bond acceptors (Lipinski definition) is 4. The van der Waals surface area contributed by atoms with Crippen molar-refractivity contribution < 1.29 is 9.15 Å². The molecule has 0 bridgehead atoms. The lowest BCUT2D eigenvalue weighted by Gasteiger charge is -2.28. The van der Waals surface area contributed by atoms with E-state index in [2.05, 4.69) is 15.2 Å². The number of thiocarbonyl (C=S) groups is 1. The highest BCUT2D eigenvalue weighted by Crippen LogP contribution is 2.41. The SMILES string of the molecule is Cc1c(Cl)cccc1-c1ccc([C@@H]2[C@H](c3ccccn3)NC(=S)N2C[C@H]2CCCO2)o1. The first kappa shape index (κ1) is 20.5. The molecule has 0 spiro atoms. The van der Waals surface area contributed by atoms with Gasteiger partial charge in [0.15, 0.2) is 5.11 Å². The second kappa shape index (κ2) is 8.61. The van der Waals surface area contributed by atoms with Gasteiger partial charge in [-0.25, -0.2) is 0 Å². The van der Waals surface area contributed by atoms with Crippen LogP contribution < -0.4 is 5.32 Å². The van der Waals surface area contributed by atoms with Crippen LogP contribution in [0.5, 0.6) is 0 Å². The van der Waals surface area contributed by atoms with Crippen molar-refractivity contribution in [3.05, 3.63) is 76.8 Å². The molecule has 7 heteroatoms. The molecule has 1 N–H and O–H groups in total. The van der Waals surface area contributed by atoms with E-state index < -0.39 is 0 Å². The minimum Gasteiger partial charge on any atom is -0.459 e. The molecule has 0 unspecified atom stereocenters. The monoisotopic (exact) mass is 453 g/mol. The second-order valence-electron chi connectivity index (χ2n) is 8.03. The smallest absolute Gasteiger partial charge is 0.170 e. The fraction of sp³-hybridized carbons (Fsp3) is 0.333. The van der Waals surface area contributed by atoms with Crippen LogP contribution in [0.25, 0.3) is 11.3 Å². The minimum absolute atomic E-state index is 0.102. The predicted octanol–water partition coefficient (Wildman–Crippen LogP) is 5.45. The number of nitrogens with one attached hydrogen (secondary N) is 1. The van der Waals surface area contributed by atoms with Gasteiger partial charge in [-0.1, -0.05) is 29.8 Å². The summed E-state index contributed by atoms with van der Waals surface area (Å²) in [6, 6.07) is 15.6. The highest BCUT2D eigenvalue weighted by atomic mass is 35.5. The summed E-state index contributed by atoms with van der Waals surface area (Å²) < 4.78 is 12.3. The van der Waals surface area contributed by atoms with Crippen molar-refractivity contribution >= 4 is 28.9 Å². The van der Waals surface area contributed by atoms with Gasteiger partial charge in [0.1, 0.15) is 17.6 Å². The number of furan rings is 1. The minimum atomic E-state index is -0.111. The molecule has 2 aromatic heterocycles. The third-order valence-corrected chi connectivity index (χ3v) is 6.84. The Balaban J connectivity index is 1.52. The first-order valence-electron chi connectivity index (χ1n) is 10.6. The summed E-state index contributed by atoms with van der Waals surface area (Å²) in [7, 11) is 0. The summed E-state index contributed by atoms with van der Waals surface area (Å²) in [4.78, 5) is 6.78. The summed E-state index contributed by atoms with van der Waals surface area (Å²) in [6.07, 6.45) is 4.12. The van der Waals surface area contributed by atoms with Crippen LogP contribution in [0.3, 0.4) is 0 Å². The Morgan fingerprint density at radius 2 is 2.10 bits per heavy atom. The number of benzene rings is 1. The van der Waals surface area contributed by atoms with Gasteiger partial charge in [-0.05, 0) is 67.9 Å². The first-order chi connectivity index (χ1) is 15.1. The number of ether oxygens (including phenoxy) is 1. The van der Waals surface area contributed by atoms with E-state index in [0.717, 1.165) is 59.4 Å². The van der Waals surface area contributed by atoms with Crippen LogP contribution in [-0.2, 0) is 4.74 Å². The van der Waals surface area contributed by atoms with Crippen LogP contribution in [0, 0.1) is 6.92 Å². The van der Waals surface area contributed by atoms with Crippen LogP contribution in [0.4, 0.5) is 0 Å². The number of halogens is 1. The molecule has 2 aliphatic heterocycles. The van der Waals surface area contributed by atoms with E-state index in [9.17, 15) is 0 Å². The van der Waals surface area contributed by atoms with Gasteiger partial charge in [0.25, 0.3) is 0 Å².